The molecule has 8 nitrogen and oxygen atoms in total. The normalized spacial score (nSPS) is 17.4. The molecule has 1 saturated heterocycles. The van der Waals surface area contributed by atoms with Gasteiger partial charge in [0.1, 0.15) is 0 Å². The quantitative estimate of drug-likeness (QED) is 0.522. The van der Waals surface area contributed by atoms with Gasteiger partial charge < -0.3 is 28.3 Å². The van der Waals surface area contributed by atoms with Gasteiger partial charge in [0.25, 0.3) is 0 Å². The van der Waals surface area contributed by atoms with Gasteiger partial charge in [-0.3, -0.25) is 0 Å². The molecule has 2 heterocycles. The predicted octanol–water partition coefficient (Wildman–Crippen LogP) is 4.59. The number of ether oxygens (including phenoxy) is 4. The van der Waals surface area contributed by atoms with Gasteiger partial charge in [-0.05, 0) is 47.4 Å². The Balaban J connectivity index is 1.40. The summed E-state index contributed by atoms with van der Waals surface area (Å²) in [5.41, 5.74) is 4.24. The van der Waals surface area contributed by atoms with Gasteiger partial charge in [-0.2, -0.15) is 0 Å². The molecule has 0 spiro atoms. The minimum Gasteiger partial charge on any atom is -0.416 e. The zero-order chi connectivity index (χ0) is 25.2. The molecule has 194 valence electrons. The maximum atomic E-state index is 5.99. The standard InChI is InChI=1S/C28H37N3O5/c1-28(2,3)24-8-4-22(5-9-24)26-29-30-27(36-26)23-6-10-25(11-7-23)31-12-14-32-16-18-34-20-21-35-19-17-33-15-13-31/h4-11H,12-21H2,1-3H3. The third kappa shape index (κ3) is 7.61. The van der Waals surface area contributed by atoms with Gasteiger partial charge in [0.2, 0.25) is 11.8 Å². The highest BCUT2D eigenvalue weighted by Gasteiger charge is 2.16. The van der Waals surface area contributed by atoms with Crippen molar-refractivity contribution in [3.63, 3.8) is 0 Å². The lowest BCUT2D eigenvalue weighted by Crippen LogP contribution is -2.31. The van der Waals surface area contributed by atoms with Crippen molar-refractivity contribution in [1.29, 1.82) is 0 Å². The van der Waals surface area contributed by atoms with Crippen LogP contribution in [0.4, 0.5) is 5.69 Å². The van der Waals surface area contributed by atoms with Crippen molar-refractivity contribution in [2.75, 3.05) is 70.8 Å². The SMILES string of the molecule is CC(C)(C)c1ccc(-c2nnc(-c3ccc(N4CCOCCOCCOCCOCC4)cc3)o2)cc1. The lowest BCUT2D eigenvalue weighted by molar-refractivity contribution is 0.00206. The molecule has 0 radical (unpaired) electrons. The third-order valence-electron chi connectivity index (χ3n) is 6.03. The number of rotatable bonds is 3. The Labute approximate surface area is 213 Å². The van der Waals surface area contributed by atoms with Crippen molar-refractivity contribution in [2.45, 2.75) is 26.2 Å². The molecule has 3 aromatic rings. The van der Waals surface area contributed by atoms with Crippen LogP contribution >= 0.6 is 0 Å². The molecule has 0 aliphatic carbocycles. The fourth-order valence-corrected chi connectivity index (χ4v) is 3.87. The van der Waals surface area contributed by atoms with Crippen LogP contribution in [0, 0.1) is 0 Å². The molecule has 0 amide bonds. The monoisotopic (exact) mass is 495 g/mol. The first-order valence-corrected chi connectivity index (χ1v) is 12.6. The van der Waals surface area contributed by atoms with E-state index >= 15 is 0 Å². The van der Waals surface area contributed by atoms with Crippen LogP contribution in [0.25, 0.3) is 22.9 Å². The molecule has 0 N–H and O–H groups in total. The summed E-state index contributed by atoms with van der Waals surface area (Å²) in [5.74, 6) is 1.02. The molecule has 1 aliphatic rings. The summed E-state index contributed by atoms with van der Waals surface area (Å²) >= 11 is 0. The van der Waals surface area contributed by atoms with E-state index in [0.29, 0.717) is 64.6 Å². The minimum atomic E-state index is 0.1000. The van der Waals surface area contributed by atoms with Gasteiger partial charge in [-0.1, -0.05) is 32.9 Å². The number of hydrogen-bond donors (Lipinski definition) is 0. The van der Waals surface area contributed by atoms with Crippen LogP contribution < -0.4 is 4.90 Å². The van der Waals surface area contributed by atoms with Crippen LogP contribution in [0.3, 0.4) is 0 Å². The molecule has 0 saturated carbocycles. The van der Waals surface area contributed by atoms with Crippen LogP contribution in [-0.4, -0.2) is 76.1 Å². The smallest absolute Gasteiger partial charge is 0.248 e. The zero-order valence-electron chi connectivity index (χ0n) is 21.6. The van der Waals surface area contributed by atoms with Crippen LogP contribution in [0.1, 0.15) is 26.3 Å². The average molecular weight is 496 g/mol. The average Bonchev–Trinajstić information content (AvgIpc) is 3.37. The summed E-state index contributed by atoms with van der Waals surface area (Å²) in [7, 11) is 0. The number of hydrogen-bond acceptors (Lipinski definition) is 8. The fourth-order valence-electron chi connectivity index (χ4n) is 3.87. The Hall–Kier alpha value is -2.78. The number of benzene rings is 2. The summed E-state index contributed by atoms with van der Waals surface area (Å²) in [5, 5.41) is 8.54. The van der Waals surface area contributed by atoms with Gasteiger partial charge >= 0.3 is 0 Å². The van der Waals surface area contributed by atoms with Crippen molar-refractivity contribution >= 4 is 5.69 Å². The maximum absolute atomic E-state index is 5.99. The van der Waals surface area contributed by atoms with Crippen molar-refractivity contribution in [3.05, 3.63) is 54.1 Å². The molecule has 36 heavy (non-hydrogen) atoms. The second kappa shape index (κ2) is 13.0. The Morgan fingerprint density at radius 3 is 1.44 bits per heavy atom. The second-order valence-corrected chi connectivity index (χ2v) is 9.72. The van der Waals surface area contributed by atoms with E-state index in [2.05, 4.69) is 60.1 Å². The molecule has 1 aliphatic heterocycles. The van der Waals surface area contributed by atoms with E-state index in [1.54, 1.807) is 0 Å². The highest BCUT2D eigenvalue weighted by molar-refractivity contribution is 5.61. The molecule has 4 rings (SSSR count). The molecule has 0 unspecified atom stereocenters. The van der Waals surface area contributed by atoms with Crippen molar-refractivity contribution in [3.8, 4) is 22.9 Å². The Kier molecular flexibility index (Phi) is 9.47. The van der Waals surface area contributed by atoms with Gasteiger partial charge in [-0.15, -0.1) is 10.2 Å². The topological polar surface area (TPSA) is 79.1 Å². The summed E-state index contributed by atoms with van der Waals surface area (Å²) in [6.45, 7) is 12.8. The lowest BCUT2D eigenvalue weighted by atomic mass is 9.87. The molecule has 1 aromatic heterocycles. The predicted molar refractivity (Wildman–Crippen MR) is 139 cm³/mol. The first-order chi connectivity index (χ1) is 17.5. The maximum Gasteiger partial charge on any atom is 0.248 e. The first-order valence-electron chi connectivity index (χ1n) is 12.6. The number of aromatic nitrogens is 2. The van der Waals surface area contributed by atoms with E-state index < -0.39 is 0 Å². The molecule has 8 heteroatoms. The van der Waals surface area contributed by atoms with E-state index in [4.69, 9.17) is 23.4 Å². The minimum absolute atomic E-state index is 0.1000. The van der Waals surface area contributed by atoms with E-state index in [1.807, 2.05) is 24.3 Å². The highest BCUT2D eigenvalue weighted by atomic mass is 16.6. The van der Waals surface area contributed by atoms with Crippen LogP contribution in [-0.2, 0) is 24.4 Å². The second-order valence-electron chi connectivity index (χ2n) is 9.72. The fraction of sp³-hybridized carbons (Fsp3) is 0.500. The lowest BCUT2D eigenvalue weighted by Gasteiger charge is -2.25. The molecule has 2 aromatic carbocycles. The van der Waals surface area contributed by atoms with Gasteiger partial charge in [0.15, 0.2) is 0 Å². The summed E-state index contributed by atoms with van der Waals surface area (Å²) in [4.78, 5) is 2.25. The molecule has 0 bridgehead atoms. The Morgan fingerprint density at radius 1 is 0.583 bits per heavy atom. The van der Waals surface area contributed by atoms with Gasteiger partial charge in [-0.25, -0.2) is 0 Å². The molecular weight excluding hydrogens is 458 g/mol. The van der Waals surface area contributed by atoms with Crippen LogP contribution in [0.2, 0.25) is 0 Å². The molecule has 1 fully saturated rings. The Bertz CT molecular complexity index is 1030. The number of nitrogens with zero attached hydrogens (tertiary/aromatic N) is 3. The van der Waals surface area contributed by atoms with E-state index in [9.17, 15) is 0 Å². The third-order valence-corrected chi connectivity index (χ3v) is 6.03. The van der Waals surface area contributed by atoms with Crippen molar-refractivity contribution < 1.29 is 23.4 Å². The number of anilines is 1. The molecule has 0 atom stereocenters. The largest absolute Gasteiger partial charge is 0.416 e. The van der Waals surface area contributed by atoms with Gasteiger partial charge in [0.05, 0.1) is 52.9 Å². The van der Waals surface area contributed by atoms with Crippen LogP contribution in [0.5, 0.6) is 0 Å². The summed E-state index contributed by atoms with van der Waals surface area (Å²) in [6.07, 6.45) is 0. The molecular formula is C28H37N3O5. The zero-order valence-corrected chi connectivity index (χ0v) is 21.6. The first kappa shape index (κ1) is 26.3. The van der Waals surface area contributed by atoms with Crippen molar-refractivity contribution in [1.82, 2.24) is 10.2 Å². The van der Waals surface area contributed by atoms with E-state index in [0.717, 1.165) is 29.9 Å². The summed E-state index contributed by atoms with van der Waals surface area (Å²) < 4.78 is 28.5. The van der Waals surface area contributed by atoms with E-state index in [-0.39, 0.29) is 5.41 Å². The van der Waals surface area contributed by atoms with Crippen molar-refractivity contribution in [2.24, 2.45) is 0 Å². The van der Waals surface area contributed by atoms with Crippen LogP contribution in [0.15, 0.2) is 52.9 Å². The van der Waals surface area contributed by atoms with E-state index in [1.165, 1.54) is 5.56 Å². The Morgan fingerprint density at radius 2 is 1.00 bits per heavy atom. The summed E-state index contributed by atoms with van der Waals surface area (Å²) in [6, 6.07) is 16.4. The highest BCUT2D eigenvalue weighted by Crippen LogP contribution is 2.28. The van der Waals surface area contributed by atoms with Gasteiger partial charge in [0, 0.05) is 29.9 Å².